The van der Waals surface area contributed by atoms with Gasteiger partial charge in [-0.25, -0.2) is 4.57 Å². The Bertz CT molecular complexity index is 1340. The first-order valence-corrected chi connectivity index (χ1v) is 12.1. The highest BCUT2D eigenvalue weighted by Crippen LogP contribution is 2.47. The van der Waals surface area contributed by atoms with E-state index < -0.39 is 31.0 Å². The minimum Gasteiger partial charge on any atom is -0.507 e. The van der Waals surface area contributed by atoms with Crippen molar-refractivity contribution in [1.29, 1.82) is 0 Å². The van der Waals surface area contributed by atoms with Crippen LogP contribution in [0.4, 0.5) is 0 Å². The number of rotatable bonds is 4. The number of phenols is 2. The monoisotopic (exact) mass is 493 g/mol. The van der Waals surface area contributed by atoms with E-state index in [0.717, 1.165) is 11.5 Å². The molecule has 1 aliphatic heterocycles. The van der Waals surface area contributed by atoms with Crippen LogP contribution in [0, 0.1) is 0 Å². The van der Waals surface area contributed by atoms with E-state index in [1.165, 1.54) is 6.07 Å². The minimum absolute atomic E-state index is 0.0820. The minimum atomic E-state index is -4.85. The molecule has 0 amide bonds. The van der Waals surface area contributed by atoms with Crippen LogP contribution < -0.4 is 10.9 Å². The van der Waals surface area contributed by atoms with Gasteiger partial charge in [-0.3, -0.25) is 9.32 Å². The molecule has 2 aromatic carbocycles. The Balaban J connectivity index is 1.98. The van der Waals surface area contributed by atoms with E-state index in [2.05, 4.69) is 0 Å². The molecule has 2 unspecified atom stereocenters. The van der Waals surface area contributed by atoms with Gasteiger partial charge in [-0.2, -0.15) is 0 Å². The average molecular weight is 494 g/mol. The van der Waals surface area contributed by atoms with Crippen LogP contribution in [0.3, 0.4) is 0 Å². The molecule has 0 bridgehead atoms. The van der Waals surface area contributed by atoms with Crippen molar-refractivity contribution in [3.63, 3.8) is 0 Å². The van der Waals surface area contributed by atoms with Gasteiger partial charge in [0.2, 0.25) is 0 Å². The second-order valence-electron chi connectivity index (χ2n) is 8.24. The molecule has 1 saturated heterocycles. The number of likely N-dealkylation sites (tertiary alicyclic amines) is 1. The van der Waals surface area contributed by atoms with Gasteiger partial charge in [0.15, 0.2) is 5.43 Å². The van der Waals surface area contributed by atoms with E-state index in [4.69, 9.17) is 20.5 Å². The summed E-state index contributed by atoms with van der Waals surface area (Å²) in [6.07, 6.45) is -0.645. The van der Waals surface area contributed by atoms with Gasteiger partial charge < -0.3 is 29.3 Å². The molecule has 3 aromatic rings. The Morgan fingerprint density at radius 1 is 1.24 bits per heavy atom. The molecule has 4 rings (SSSR count). The van der Waals surface area contributed by atoms with Gasteiger partial charge in [-0.05, 0) is 26.1 Å². The number of phosphoric ester groups is 1. The molecule has 4 N–H and O–H groups in total. The number of benzene rings is 2. The molecule has 0 saturated carbocycles. The molecule has 0 spiro atoms. The predicted molar refractivity (Wildman–Crippen MR) is 126 cm³/mol. The summed E-state index contributed by atoms with van der Waals surface area (Å²) in [5.74, 6) is -1.43. The van der Waals surface area contributed by atoms with Crippen molar-refractivity contribution in [2.45, 2.75) is 18.4 Å². The normalized spacial score (nSPS) is 19.8. The lowest BCUT2D eigenvalue weighted by atomic mass is 9.85. The maximum Gasteiger partial charge on any atom is 0.469 e. The van der Waals surface area contributed by atoms with Crippen molar-refractivity contribution >= 4 is 43.7 Å². The van der Waals surface area contributed by atoms with Gasteiger partial charge in [-0.15, -0.1) is 0 Å². The summed E-state index contributed by atoms with van der Waals surface area (Å²) in [5, 5.41) is 21.4. The number of piperidine rings is 1. The van der Waals surface area contributed by atoms with Crippen LogP contribution in [0.2, 0.25) is 5.02 Å². The van der Waals surface area contributed by atoms with Crippen molar-refractivity contribution in [3.8, 4) is 22.8 Å². The van der Waals surface area contributed by atoms with Gasteiger partial charge in [-0.1, -0.05) is 29.2 Å². The number of halogens is 1. The first-order valence-electron chi connectivity index (χ1n) is 10.2. The molecule has 0 aliphatic carbocycles. The third kappa shape index (κ3) is 4.68. The molecule has 174 valence electrons. The number of hydrogen-bond acceptors (Lipinski definition) is 7. The molecular weight excluding hydrogens is 471 g/mol. The summed E-state index contributed by atoms with van der Waals surface area (Å²) in [5.41, 5.74) is 0.721. The van der Waals surface area contributed by atoms with Crippen molar-refractivity contribution < 1.29 is 33.5 Å². The summed E-state index contributed by atoms with van der Waals surface area (Å²) in [4.78, 5) is 33.7. The topological polar surface area (TPSA) is 141 Å². The molecule has 2 heterocycles. The van der Waals surface area contributed by atoms with Gasteiger partial charge >= 0.3 is 7.82 Å². The van der Waals surface area contributed by atoms with Gasteiger partial charge in [0.1, 0.15) is 36.1 Å². The maximum absolute atomic E-state index is 13.0. The van der Waals surface area contributed by atoms with Crippen LogP contribution >= 0.6 is 19.4 Å². The molecule has 1 aromatic heterocycles. The number of nitrogens with zero attached hydrogens (tertiary/aromatic N) is 1. The third-order valence-electron chi connectivity index (χ3n) is 5.86. The highest BCUT2D eigenvalue weighted by atomic mass is 35.5. The van der Waals surface area contributed by atoms with Crippen molar-refractivity contribution in [2.24, 2.45) is 0 Å². The van der Waals surface area contributed by atoms with Crippen LogP contribution in [0.25, 0.3) is 22.3 Å². The Morgan fingerprint density at radius 2 is 1.97 bits per heavy atom. The number of fused-ring (bicyclic) bond motifs is 1. The van der Waals surface area contributed by atoms with E-state index in [9.17, 15) is 29.4 Å². The predicted octanol–water partition coefficient (Wildman–Crippen LogP) is 1.68. The molecule has 1 aliphatic rings. The number of phenolic OH excluding ortho intramolecular Hbond substituents is 2. The molecule has 0 radical (unpaired) electrons. The van der Waals surface area contributed by atoms with E-state index >= 15 is 0 Å². The van der Waals surface area contributed by atoms with Crippen molar-refractivity contribution in [3.05, 3.63) is 51.1 Å². The Morgan fingerprint density at radius 3 is 2.67 bits per heavy atom. The zero-order valence-corrected chi connectivity index (χ0v) is 19.5. The standard InChI is InChI=1S/C21H22BClNO8P/c1-24-6-5-10(17(9-24)32-33(28,29)30)18-13(25)7-14(26)19-15(27)8-16(31-21(18)19)11-3-2-4-12(22)20(11)23/h2-4,7-8,10,17,25-26H,5-6,9,22H2,1H3,(H2,28,29,30). The largest absolute Gasteiger partial charge is 0.507 e. The fraction of sp³-hybridized carbons (Fsp3) is 0.286. The number of hydrogen-bond donors (Lipinski definition) is 4. The quantitative estimate of drug-likeness (QED) is 0.315. The van der Waals surface area contributed by atoms with E-state index in [-0.39, 0.29) is 34.6 Å². The lowest BCUT2D eigenvalue weighted by Gasteiger charge is -2.36. The lowest BCUT2D eigenvalue weighted by Crippen LogP contribution is -2.41. The van der Waals surface area contributed by atoms with Crippen LogP contribution in [0.15, 0.2) is 39.5 Å². The zero-order chi connectivity index (χ0) is 24.1. The van der Waals surface area contributed by atoms with Crippen molar-refractivity contribution in [2.75, 3.05) is 20.1 Å². The first-order chi connectivity index (χ1) is 15.5. The first kappa shape index (κ1) is 23.8. The highest BCUT2D eigenvalue weighted by Gasteiger charge is 2.38. The summed E-state index contributed by atoms with van der Waals surface area (Å²) < 4.78 is 22.7. The number of phosphoric acid groups is 1. The number of aromatic hydroxyl groups is 2. The summed E-state index contributed by atoms with van der Waals surface area (Å²) in [6.45, 7) is 0.715. The molecule has 33 heavy (non-hydrogen) atoms. The van der Waals surface area contributed by atoms with E-state index in [1.807, 2.05) is 4.90 Å². The molecule has 12 heteroatoms. The third-order valence-corrected chi connectivity index (χ3v) is 6.91. The second-order valence-corrected chi connectivity index (χ2v) is 9.81. The highest BCUT2D eigenvalue weighted by molar-refractivity contribution is 7.46. The Kier molecular flexibility index (Phi) is 6.35. The van der Waals surface area contributed by atoms with E-state index in [0.29, 0.717) is 23.6 Å². The molecular formula is C21H22BClNO8P. The molecule has 9 nitrogen and oxygen atoms in total. The summed E-state index contributed by atoms with van der Waals surface area (Å²) in [7, 11) is -1.27. The van der Waals surface area contributed by atoms with Gasteiger partial charge in [0.05, 0.1) is 6.10 Å². The van der Waals surface area contributed by atoms with Gasteiger partial charge in [0.25, 0.3) is 0 Å². The fourth-order valence-electron chi connectivity index (χ4n) is 4.33. The smallest absolute Gasteiger partial charge is 0.469 e. The summed E-state index contributed by atoms with van der Waals surface area (Å²) >= 11 is 6.42. The Hall–Kier alpha value is -2.33. The average Bonchev–Trinajstić information content (AvgIpc) is 2.69. The SMILES string of the molecule is Bc1cccc(-c2cc(=O)c3c(O)cc(O)c(C4CCN(C)CC4OP(=O)(O)O)c3o2)c1Cl. The lowest BCUT2D eigenvalue weighted by molar-refractivity contribution is 0.0544. The summed E-state index contributed by atoms with van der Waals surface area (Å²) in [6, 6.07) is 7.47. The Labute approximate surface area is 194 Å². The van der Waals surface area contributed by atoms with Gasteiger partial charge in [0, 0.05) is 40.7 Å². The van der Waals surface area contributed by atoms with Crippen LogP contribution in [0.1, 0.15) is 17.9 Å². The van der Waals surface area contributed by atoms with Crippen LogP contribution in [-0.4, -0.2) is 59.0 Å². The zero-order valence-electron chi connectivity index (χ0n) is 17.9. The molecule has 2 atom stereocenters. The molecule has 1 fully saturated rings. The van der Waals surface area contributed by atoms with Crippen LogP contribution in [0.5, 0.6) is 11.5 Å². The van der Waals surface area contributed by atoms with E-state index in [1.54, 1.807) is 33.1 Å². The van der Waals surface area contributed by atoms with Crippen molar-refractivity contribution in [1.82, 2.24) is 4.90 Å². The fourth-order valence-corrected chi connectivity index (χ4v) is 5.12. The maximum atomic E-state index is 13.0. The second kappa shape index (κ2) is 8.79. The number of likely N-dealkylation sites (N-methyl/N-ethyl adjacent to an activating group) is 1. The van der Waals surface area contributed by atoms with Crippen LogP contribution in [-0.2, 0) is 9.09 Å².